The van der Waals surface area contributed by atoms with Gasteiger partial charge in [0.15, 0.2) is 11.3 Å². The molecule has 2 aliphatic rings. The van der Waals surface area contributed by atoms with Crippen LogP contribution in [0.2, 0.25) is 5.15 Å². The molecule has 6 rings (SSSR count). The van der Waals surface area contributed by atoms with Crippen molar-refractivity contribution in [1.82, 2.24) is 39.5 Å². The summed E-state index contributed by atoms with van der Waals surface area (Å²) in [6.07, 6.45) is 5.30. The van der Waals surface area contributed by atoms with E-state index in [2.05, 4.69) is 30.1 Å². The van der Waals surface area contributed by atoms with Gasteiger partial charge in [-0.3, -0.25) is 14.8 Å². The van der Waals surface area contributed by atoms with Crippen molar-refractivity contribution in [2.75, 3.05) is 0 Å². The van der Waals surface area contributed by atoms with Gasteiger partial charge < -0.3 is 0 Å². The Morgan fingerprint density at radius 2 is 1.78 bits per heavy atom. The predicted octanol–water partition coefficient (Wildman–Crippen LogP) is 4.25. The van der Waals surface area contributed by atoms with Crippen molar-refractivity contribution in [2.45, 2.75) is 20.4 Å². The van der Waals surface area contributed by atoms with Crippen LogP contribution >= 0.6 is 11.6 Å². The molecule has 0 radical (unpaired) electrons. The van der Waals surface area contributed by atoms with Gasteiger partial charge >= 0.3 is 5.56 Å². The zero-order valence-electron chi connectivity index (χ0n) is 19.4. The number of rotatable bonds is 4. The van der Waals surface area contributed by atoms with E-state index in [0.29, 0.717) is 34.4 Å². The third kappa shape index (κ3) is 3.79. The Morgan fingerprint density at radius 3 is 2.53 bits per heavy atom. The molecule has 0 N–H and O–H groups in total. The fourth-order valence-electron chi connectivity index (χ4n) is 4.12. The molecule has 9 nitrogen and oxygen atoms in total. The SMILES string of the molecule is Cc1ccc(-c2ccc(Cn3nc4c(=O)n(-c5ccc(Cl)nc5C)nc-4c4cccnc43)cn2)cn1. The molecule has 0 fully saturated rings. The molecule has 6 heterocycles. The van der Waals surface area contributed by atoms with Crippen molar-refractivity contribution in [3.8, 4) is 28.3 Å². The van der Waals surface area contributed by atoms with E-state index < -0.39 is 0 Å². The maximum absolute atomic E-state index is 13.4. The smallest absolute Gasteiger partial charge is 0.265 e. The molecule has 0 spiro atoms. The first-order chi connectivity index (χ1) is 17.5. The van der Waals surface area contributed by atoms with Gasteiger partial charge in [-0.1, -0.05) is 17.7 Å². The van der Waals surface area contributed by atoms with Crippen LogP contribution in [0.15, 0.2) is 71.9 Å². The van der Waals surface area contributed by atoms with Crippen LogP contribution in [0.1, 0.15) is 17.0 Å². The molecule has 10 heteroatoms. The first-order valence-corrected chi connectivity index (χ1v) is 11.6. The highest BCUT2D eigenvalue weighted by Crippen LogP contribution is 2.26. The molecule has 4 aromatic heterocycles. The Bertz CT molecular complexity index is 1760. The van der Waals surface area contributed by atoms with Crippen molar-refractivity contribution in [3.05, 3.63) is 99.6 Å². The summed E-state index contributed by atoms with van der Waals surface area (Å²) < 4.78 is 3.03. The van der Waals surface area contributed by atoms with Crippen molar-refractivity contribution < 1.29 is 0 Å². The second kappa shape index (κ2) is 8.62. The quantitative estimate of drug-likeness (QED) is 0.337. The normalized spacial score (nSPS) is 11.4. The summed E-state index contributed by atoms with van der Waals surface area (Å²) in [7, 11) is 0. The first kappa shape index (κ1) is 22.0. The van der Waals surface area contributed by atoms with Gasteiger partial charge in [0.05, 0.1) is 23.6 Å². The minimum atomic E-state index is -0.336. The van der Waals surface area contributed by atoms with Crippen molar-refractivity contribution in [1.29, 1.82) is 0 Å². The minimum absolute atomic E-state index is 0.250. The zero-order chi connectivity index (χ0) is 24.8. The monoisotopic (exact) mass is 494 g/mol. The standard InChI is InChI=1S/C26H19ClN8O/c1-15-5-7-18(13-29-15)20-8-6-17(12-30-20)14-34-25-19(4-3-11-28-25)23-24(32-34)26(36)35(33-23)21-9-10-22(27)31-16(21)2/h3-13H,14H2,1-2H3. The summed E-state index contributed by atoms with van der Waals surface area (Å²) in [6, 6.07) is 15.0. The molecule has 0 bridgehead atoms. The average molecular weight is 495 g/mol. The molecule has 36 heavy (non-hydrogen) atoms. The van der Waals surface area contributed by atoms with Gasteiger partial charge in [-0.25, -0.2) is 14.6 Å². The molecule has 0 saturated heterocycles. The number of pyridine rings is 4. The molecular formula is C26H19ClN8O. The highest BCUT2D eigenvalue weighted by Gasteiger charge is 2.24. The molecule has 0 atom stereocenters. The van der Waals surface area contributed by atoms with Crippen molar-refractivity contribution >= 4 is 22.6 Å². The summed E-state index contributed by atoms with van der Waals surface area (Å²) in [5.74, 6) is 0. The van der Waals surface area contributed by atoms with Crippen LogP contribution in [0.25, 0.3) is 39.4 Å². The van der Waals surface area contributed by atoms with Crippen LogP contribution in [-0.2, 0) is 6.54 Å². The Balaban J connectivity index is 1.44. The molecule has 4 aromatic rings. The minimum Gasteiger partial charge on any atom is -0.265 e. The molecule has 0 aliphatic carbocycles. The molecule has 0 aromatic carbocycles. The zero-order valence-corrected chi connectivity index (χ0v) is 20.2. The molecule has 176 valence electrons. The third-order valence-electron chi connectivity index (χ3n) is 5.94. The lowest BCUT2D eigenvalue weighted by atomic mass is 10.1. The van der Waals surface area contributed by atoms with Crippen LogP contribution in [0.5, 0.6) is 0 Å². The lowest BCUT2D eigenvalue weighted by molar-refractivity contribution is 0.688. The maximum Gasteiger partial charge on any atom is 0.301 e. The second-order valence-electron chi connectivity index (χ2n) is 8.42. The first-order valence-electron chi connectivity index (χ1n) is 11.2. The highest BCUT2D eigenvalue weighted by atomic mass is 35.5. The molecule has 0 saturated carbocycles. The van der Waals surface area contributed by atoms with E-state index in [0.717, 1.165) is 27.9 Å². The Morgan fingerprint density at radius 1 is 0.889 bits per heavy atom. The van der Waals surface area contributed by atoms with E-state index in [4.69, 9.17) is 11.6 Å². The van der Waals surface area contributed by atoms with Crippen molar-refractivity contribution in [2.24, 2.45) is 0 Å². The summed E-state index contributed by atoms with van der Waals surface area (Å²) in [6.45, 7) is 4.11. The Labute approximate surface area is 210 Å². The van der Waals surface area contributed by atoms with Crippen LogP contribution < -0.4 is 5.56 Å². The van der Waals surface area contributed by atoms with Gasteiger partial charge in [0, 0.05) is 35.2 Å². The van der Waals surface area contributed by atoms with E-state index in [1.165, 1.54) is 4.68 Å². The lowest BCUT2D eigenvalue weighted by Crippen LogP contribution is -2.18. The van der Waals surface area contributed by atoms with Gasteiger partial charge in [-0.2, -0.15) is 14.9 Å². The summed E-state index contributed by atoms with van der Waals surface area (Å²) in [4.78, 5) is 31.1. The largest absolute Gasteiger partial charge is 0.301 e. The fourth-order valence-corrected chi connectivity index (χ4v) is 4.31. The van der Waals surface area contributed by atoms with Gasteiger partial charge in [0.1, 0.15) is 10.8 Å². The molecule has 0 unspecified atom stereocenters. The van der Waals surface area contributed by atoms with Gasteiger partial charge in [-0.15, -0.1) is 0 Å². The summed E-state index contributed by atoms with van der Waals surface area (Å²) in [5.41, 5.74) is 5.81. The molecular weight excluding hydrogens is 476 g/mol. The van der Waals surface area contributed by atoms with Gasteiger partial charge in [0.2, 0.25) is 0 Å². The fraction of sp³-hybridized carbons (Fsp3) is 0.115. The summed E-state index contributed by atoms with van der Waals surface area (Å²) in [5, 5.41) is 10.3. The Hall–Kier alpha value is -4.50. The van der Waals surface area contributed by atoms with E-state index in [-0.39, 0.29) is 11.3 Å². The van der Waals surface area contributed by atoms with E-state index in [9.17, 15) is 4.79 Å². The second-order valence-corrected chi connectivity index (χ2v) is 8.81. The number of nitrogens with zero attached hydrogens (tertiary/aromatic N) is 8. The summed E-state index contributed by atoms with van der Waals surface area (Å²) >= 11 is 6.00. The molecule has 2 aliphatic heterocycles. The number of aryl methyl sites for hydroxylation is 2. The van der Waals surface area contributed by atoms with Gasteiger partial charge in [0.25, 0.3) is 0 Å². The van der Waals surface area contributed by atoms with Crippen LogP contribution in [0.3, 0.4) is 0 Å². The number of fused-ring (bicyclic) bond motifs is 3. The maximum atomic E-state index is 13.4. The average Bonchev–Trinajstić information content (AvgIpc) is 3.21. The Kier molecular flexibility index (Phi) is 5.26. The van der Waals surface area contributed by atoms with Gasteiger partial charge in [-0.05, 0) is 61.9 Å². The topological polar surface area (TPSA) is 104 Å². The predicted molar refractivity (Wildman–Crippen MR) is 136 cm³/mol. The number of hydrogen-bond donors (Lipinski definition) is 0. The van der Waals surface area contributed by atoms with Crippen LogP contribution in [0, 0.1) is 13.8 Å². The van der Waals surface area contributed by atoms with E-state index >= 15 is 0 Å². The van der Waals surface area contributed by atoms with Crippen LogP contribution in [-0.4, -0.2) is 39.5 Å². The lowest BCUT2D eigenvalue weighted by Gasteiger charge is -2.11. The number of aromatic nitrogens is 8. The molecule has 0 amide bonds. The number of hydrogen-bond acceptors (Lipinski definition) is 7. The van der Waals surface area contributed by atoms with E-state index in [1.807, 2.05) is 49.5 Å². The third-order valence-corrected chi connectivity index (χ3v) is 6.15. The van der Waals surface area contributed by atoms with E-state index in [1.54, 1.807) is 36.1 Å². The highest BCUT2D eigenvalue weighted by molar-refractivity contribution is 6.29. The van der Waals surface area contributed by atoms with Crippen molar-refractivity contribution in [3.63, 3.8) is 0 Å². The number of halogens is 1. The van der Waals surface area contributed by atoms with Crippen LogP contribution in [0.4, 0.5) is 0 Å².